The third-order valence-corrected chi connectivity index (χ3v) is 1.88. The molecule has 0 aromatic rings. The van der Waals surface area contributed by atoms with Gasteiger partial charge in [0.1, 0.15) is 0 Å². The van der Waals surface area contributed by atoms with Gasteiger partial charge in [0.05, 0.1) is 0 Å². The van der Waals surface area contributed by atoms with Crippen molar-refractivity contribution in [3.8, 4) is 0 Å². The van der Waals surface area contributed by atoms with Gasteiger partial charge in [0, 0.05) is 19.8 Å². The molecule has 1 N–H and O–H groups in total. The fourth-order valence-electron chi connectivity index (χ4n) is 1.22. The summed E-state index contributed by atoms with van der Waals surface area (Å²) < 4.78 is 5.03. The van der Waals surface area contributed by atoms with Gasteiger partial charge in [0.2, 0.25) is 0 Å². The van der Waals surface area contributed by atoms with Gasteiger partial charge in [-0.15, -0.1) is 6.58 Å². The molecular formula is C10H21NO. The average Bonchev–Trinajstić information content (AvgIpc) is 2.10. The van der Waals surface area contributed by atoms with Crippen molar-refractivity contribution in [2.24, 2.45) is 0 Å². The molecule has 0 aromatic carbocycles. The molecule has 0 aromatic heterocycles. The van der Waals surface area contributed by atoms with Crippen LogP contribution in [-0.2, 0) is 4.74 Å². The maximum Gasteiger partial charge on any atom is 0.0477 e. The van der Waals surface area contributed by atoms with Crippen LogP contribution in [0.5, 0.6) is 0 Å². The zero-order chi connectivity index (χ0) is 9.23. The highest BCUT2D eigenvalue weighted by atomic mass is 16.5. The SMILES string of the molecule is C=CCCC(CCOC)NCC. The molecule has 0 saturated carbocycles. The predicted octanol–water partition coefficient (Wildman–Crippen LogP) is 1.97. The monoisotopic (exact) mass is 171 g/mol. The number of hydrogen-bond acceptors (Lipinski definition) is 2. The lowest BCUT2D eigenvalue weighted by molar-refractivity contribution is 0.181. The van der Waals surface area contributed by atoms with Crippen LogP contribution in [0, 0.1) is 0 Å². The Morgan fingerprint density at radius 1 is 1.50 bits per heavy atom. The topological polar surface area (TPSA) is 21.3 Å². The molecule has 2 heteroatoms. The van der Waals surface area contributed by atoms with Crippen LogP contribution in [0.3, 0.4) is 0 Å². The highest BCUT2D eigenvalue weighted by Crippen LogP contribution is 2.02. The standard InChI is InChI=1S/C10H21NO/c1-4-6-7-10(11-5-2)8-9-12-3/h4,10-11H,1,5-9H2,2-3H3. The number of methoxy groups -OCH3 is 1. The van der Waals surface area contributed by atoms with Crippen molar-refractivity contribution in [3.63, 3.8) is 0 Å². The molecule has 0 fully saturated rings. The van der Waals surface area contributed by atoms with E-state index in [4.69, 9.17) is 4.74 Å². The Morgan fingerprint density at radius 3 is 2.75 bits per heavy atom. The molecule has 0 aliphatic carbocycles. The van der Waals surface area contributed by atoms with E-state index < -0.39 is 0 Å². The lowest BCUT2D eigenvalue weighted by Crippen LogP contribution is -2.29. The van der Waals surface area contributed by atoms with E-state index in [-0.39, 0.29) is 0 Å². The van der Waals surface area contributed by atoms with Crippen LogP contribution in [0.4, 0.5) is 0 Å². The molecule has 0 heterocycles. The number of rotatable bonds is 8. The Morgan fingerprint density at radius 2 is 2.25 bits per heavy atom. The second kappa shape index (κ2) is 8.75. The Hall–Kier alpha value is -0.340. The van der Waals surface area contributed by atoms with Crippen LogP contribution in [0.2, 0.25) is 0 Å². The second-order valence-electron chi connectivity index (χ2n) is 2.90. The predicted molar refractivity (Wildman–Crippen MR) is 53.4 cm³/mol. The summed E-state index contributed by atoms with van der Waals surface area (Å²) in [5, 5.41) is 3.42. The molecule has 1 atom stereocenters. The minimum absolute atomic E-state index is 0.591. The Bertz CT molecular complexity index is 104. The zero-order valence-electron chi connectivity index (χ0n) is 8.31. The molecule has 0 saturated heterocycles. The fourth-order valence-corrected chi connectivity index (χ4v) is 1.22. The lowest BCUT2D eigenvalue weighted by Gasteiger charge is -2.16. The third-order valence-electron chi connectivity index (χ3n) is 1.88. The summed E-state index contributed by atoms with van der Waals surface area (Å²) in [5.41, 5.74) is 0. The summed E-state index contributed by atoms with van der Waals surface area (Å²) in [6.45, 7) is 7.72. The first kappa shape index (κ1) is 11.7. The van der Waals surface area contributed by atoms with Gasteiger partial charge in [-0.3, -0.25) is 0 Å². The summed E-state index contributed by atoms with van der Waals surface area (Å²) in [6, 6.07) is 0.591. The summed E-state index contributed by atoms with van der Waals surface area (Å²) in [7, 11) is 1.75. The molecule has 0 aliphatic rings. The third kappa shape index (κ3) is 6.38. The van der Waals surface area contributed by atoms with Gasteiger partial charge < -0.3 is 10.1 Å². The van der Waals surface area contributed by atoms with Crippen molar-refractivity contribution in [1.82, 2.24) is 5.32 Å². The van der Waals surface area contributed by atoms with Crippen molar-refractivity contribution in [2.75, 3.05) is 20.3 Å². The molecule has 0 amide bonds. The van der Waals surface area contributed by atoms with Crippen molar-refractivity contribution < 1.29 is 4.74 Å². The van der Waals surface area contributed by atoms with Crippen LogP contribution < -0.4 is 5.32 Å². The van der Waals surface area contributed by atoms with E-state index in [2.05, 4.69) is 18.8 Å². The van der Waals surface area contributed by atoms with Gasteiger partial charge in [0.15, 0.2) is 0 Å². The molecule has 12 heavy (non-hydrogen) atoms. The number of allylic oxidation sites excluding steroid dienone is 1. The Balaban J connectivity index is 3.46. The molecule has 0 bridgehead atoms. The Labute approximate surface area is 76.0 Å². The summed E-state index contributed by atoms with van der Waals surface area (Å²) in [5.74, 6) is 0. The Kier molecular flexibility index (Phi) is 8.51. The van der Waals surface area contributed by atoms with Crippen molar-refractivity contribution >= 4 is 0 Å². The molecule has 0 spiro atoms. The summed E-state index contributed by atoms with van der Waals surface area (Å²) >= 11 is 0. The van der Waals surface area contributed by atoms with Gasteiger partial charge in [-0.25, -0.2) is 0 Å². The van der Waals surface area contributed by atoms with E-state index in [1.165, 1.54) is 6.42 Å². The van der Waals surface area contributed by atoms with Crippen molar-refractivity contribution in [1.29, 1.82) is 0 Å². The molecule has 72 valence electrons. The van der Waals surface area contributed by atoms with Crippen LogP contribution in [0.1, 0.15) is 26.2 Å². The minimum Gasteiger partial charge on any atom is -0.385 e. The lowest BCUT2D eigenvalue weighted by atomic mass is 10.1. The van der Waals surface area contributed by atoms with E-state index in [9.17, 15) is 0 Å². The van der Waals surface area contributed by atoms with Gasteiger partial charge in [0.25, 0.3) is 0 Å². The second-order valence-corrected chi connectivity index (χ2v) is 2.90. The van der Waals surface area contributed by atoms with Gasteiger partial charge in [-0.05, 0) is 25.8 Å². The van der Waals surface area contributed by atoms with Crippen LogP contribution >= 0.6 is 0 Å². The number of ether oxygens (including phenoxy) is 1. The van der Waals surface area contributed by atoms with E-state index in [1.54, 1.807) is 7.11 Å². The average molecular weight is 171 g/mol. The summed E-state index contributed by atoms with van der Waals surface area (Å²) in [6.07, 6.45) is 5.32. The summed E-state index contributed by atoms with van der Waals surface area (Å²) in [4.78, 5) is 0. The van der Waals surface area contributed by atoms with Gasteiger partial charge in [-0.1, -0.05) is 13.0 Å². The van der Waals surface area contributed by atoms with Crippen molar-refractivity contribution in [3.05, 3.63) is 12.7 Å². The fraction of sp³-hybridized carbons (Fsp3) is 0.800. The van der Waals surface area contributed by atoms with E-state index in [0.29, 0.717) is 6.04 Å². The zero-order valence-corrected chi connectivity index (χ0v) is 8.31. The van der Waals surface area contributed by atoms with Crippen LogP contribution in [0.25, 0.3) is 0 Å². The molecule has 0 aliphatic heterocycles. The van der Waals surface area contributed by atoms with Crippen molar-refractivity contribution in [2.45, 2.75) is 32.2 Å². The highest BCUT2D eigenvalue weighted by Gasteiger charge is 2.04. The normalized spacial score (nSPS) is 12.8. The first-order valence-electron chi connectivity index (χ1n) is 4.68. The number of hydrogen-bond donors (Lipinski definition) is 1. The molecular weight excluding hydrogens is 150 g/mol. The van der Waals surface area contributed by atoms with Gasteiger partial charge >= 0.3 is 0 Å². The van der Waals surface area contributed by atoms with Gasteiger partial charge in [-0.2, -0.15) is 0 Å². The van der Waals surface area contributed by atoms with Crippen LogP contribution in [-0.4, -0.2) is 26.3 Å². The molecule has 2 nitrogen and oxygen atoms in total. The maximum absolute atomic E-state index is 5.03. The van der Waals surface area contributed by atoms with E-state index in [1.807, 2.05) is 6.08 Å². The first-order chi connectivity index (χ1) is 5.85. The highest BCUT2D eigenvalue weighted by molar-refractivity contribution is 4.73. The maximum atomic E-state index is 5.03. The molecule has 0 radical (unpaired) electrons. The van der Waals surface area contributed by atoms with E-state index >= 15 is 0 Å². The molecule has 0 rings (SSSR count). The van der Waals surface area contributed by atoms with Crippen LogP contribution in [0.15, 0.2) is 12.7 Å². The van der Waals surface area contributed by atoms with E-state index in [0.717, 1.165) is 26.0 Å². The molecule has 1 unspecified atom stereocenters. The first-order valence-corrected chi connectivity index (χ1v) is 4.68. The minimum atomic E-state index is 0.591. The quantitative estimate of drug-likeness (QED) is 0.564. The smallest absolute Gasteiger partial charge is 0.0477 e. The number of nitrogens with one attached hydrogen (secondary N) is 1. The largest absolute Gasteiger partial charge is 0.385 e.